The molecule has 1 nitrogen and oxygen atoms in total. The molecule has 0 atom stereocenters. The molecular formula is C3H4NaO+. The Morgan fingerprint density at radius 3 is 1.80 bits per heavy atom. The van der Waals surface area contributed by atoms with E-state index in [1.165, 1.54) is 6.08 Å². The number of carbonyl (C=O) groups excluding carboxylic acids is 1. The first kappa shape index (κ1) is 9.05. The van der Waals surface area contributed by atoms with Crippen LogP contribution in [0, 0.1) is 0 Å². The second-order valence-corrected chi connectivity index (χ2v) is 0.372. The van der Waals surface area contributed by atoms with Gasteiger partial charge in [-0.25, -0.2) is 0 Å². The second kappa shape index (κ2) is 8.83. The van der Waals surface area contributed by atoms with E-state index in [1.807, 2.05) is 0 Å². The first-order chi connectivity index (χ1) is 1.91. The summed E-state index contributed by atoms with van der Waals surface area (Å²) in [5.74, 6) is 0. The number of aldehydes is 1. The van der Waals surface area contributed by atoms with Crippen LogP contribution in [0.25, 0.3) is 0 Å². The molecule has 0 aliphatic carbocycles. The van der Waals surface area contributed by atoms with Gasteiger partial charge in [0, 0.05) is 0 Å². The fraction of sp³-hybridized carbons (Fsp3) is 0. The molecule has 0 aliphatic rings. The van der Waals surface area contributed by atoms with Gasteiger partial charge in [-0.2, -0.15) is 0 Å². The maximum absolute atomic E-state index is 9.06. The molecule has 0 aromatic carbocycles. The first-order valence-corrected chi connectivity index (χ1v) is 0.977. The summed E-state index contributed by atoms with van der Waals surface area (Å²) in [6.07, 6.45) is 1.83. The maximum Gasteiger partial charge on any atom is 1.00 e. The summed E-state index contributed by atoms with van der Waals surface area (Å²) >= 11 is 0. The van der Waals surface area contributed by atoms with E-state index < -0.39 is 0 Å². The van der Waals surface area contributed by atoms with E-state index >= 15 is 0 Å². The van der Waals surface area contributed by atoms with Gasteiger partial charge in [-0.3, -0.25) is 4.79 Å². The van der Waals surface area contributed by atoms with Crippen molar-refractivity contribution in [3.63, 3.8) is 0 Å². The minimum absolute atomic E-state index is 0. The van der Waals surface area contributed by atoms with Crippen molar-refractivity contribution in [2.24, 2.45) is 0 Å². The van der Waals surface area contributed by atoms with E-state index in [2.05, 4.69) is 6.58 Å². The van der Waals surface area contributed by atoms with Crippen LogP contribution in [0.2, 0.25) is 0 Å². The third kappa shape index (κ3) is 12.9. The Morgan fingerprint density at radius 1 is 1.60 bits per heavy atom. The van der Waals surface area contributed by atoms with E-state index in [-0.39, 0.29) is 29.6 Å². The number of hydrogen-bond donors (Lipinski definition) is 0. The summed E-state index contributed by atoms with van der Waals surface area (Å²) in [6.45, 7) is 3.11. The molecule has 0 bridgehead atoms. The number of hydrogen-bond acceptors (Lipinski definition) is 1. The molecule has 2 heteroatoms. The molecule has 0 spiro atoms. The van der Waals surface area contributed by atoms with E-state index in [0.717, 1.165) is 0 Å². The van der Waals surface area contributed by atoms with Crippen LogP contribution in [0.3, 0.4) is 0 Å². The van der Waals surface area contributed by atoms with Crippen LogP contribution in [0.5, 0.6) is 0 Å². The van der Waals surface area contributed by atoms with Crippen molar-refractivity contribution >= 4 is 6.29 Å². The molecule has 0 aromatic heterocycles. The fourth-order valence-electron chi connectivity index (χ4n) is 0. The van der Waals surface area contributed by atoms with Crippen LogP contribution >= 0.6 is 0 Å². The normalized spacial score (nSPS) is 4.00. The zero-order valence-electron chi connectivity index (χ0n) is 3.27. The van der Waals surface area contributed by atoms with Gasteiger partial charge in [-0.15, -0.1) is 0 Å². The minimum Gasteiger partial charge on any atom is -0.299 e. The summed E-state index contributed by atoms with van der Waals surface area (Å²) in [6, 6.07) is 0. The second-order valence-electron chi connectivity index (χ2n) is 0.372. The van der Waals surface area contributed by atoms with Gasteiger partial charge in [0.25, 0.3) is 0 Å². The SMILES string of the molecule is C=CC=O.[Na+]. The Bertz CT molecular complexity index is 27.9. The predicted octanol–water partition coefficient (Wildman–Crippen LogP) is -2.62. The van der Waals surface area contributed by atoms with Gasteiger partial charge in [-0.05, 0) is 6.08 Å². The van der Waals surface area contributed by atoms with Gasteiger partial charge in [0.2, 0.25) is 0 Å². The average Bonchev–Trinajstić information content (AvgIpc) is 1.37. The molecule has 0 radical (unpaired) electrons. The molecule has 0 saturated carbocycles. The zero-order chi connectivity index (χ0) is 3.41. The molecule has 0 aromatic rings. The van der Waals surface area contributed by atoms with Crippen LogP contribution in [-0.2, 0) is 4.79 Å². The van der Waals surface area contributed by atoms with Gasteiger partial charge < -0.3 is 0 Å². The van der Waals surface area contributed by atoms with Gasteiger partial charge in [0.15, 0.2) is 0 Å². The monoisotopic (exact) mass is 79.0 g/mol. The molecular weight excluding hydrogens is 75.0 g/mol. The molecule has 0 N–H and O–H groups in total. The zero-order valence-corrected chi connectivity index (χ0v) is 5.27. The summed E-state index contributed by atoms with van der Waals surface area (Å²) in [7, 11) is 0. The largest absolute Gasteiger partial charge is 1.00 e. The molecule has 0 amide bonds. The standard InChI is InChI=1S/C3H4O.Na/c1-2-3-4;/h2-3H,1H2;/q;+1. The summed E-state index contributed by atoms with van der Waals surface area (Å²) in [5.41, 5.74) is 0. The Morgan fingerprint density at radius 2 is 1.80 bits per heavy atom. The van der Waals surface area contributed by atoms with Gasteiger partial charge >= 0.3 is 29.6 Å². The van der Waals surface area contributed by atoms with Gasteiger partial charge in [0.1, 0.15) is 6.29 Å². The van der Waals surface area contributed by atoms with Gasteiger partial charge in [-0.1, -0.05) is 6.58 Å². The minimum atomic E-state index is 0. The summed E-state index contributed by atoms with van der Waals surface area (Å²) < 4.78 is 0. The van der Waals surface area contributed by atoms with Crippen LogP contribution in [0.4, 0.5) is 0 Å². The van der Waals surface area contributed by atoms with Gasteiger partial charge in [0.05, 0.1) is 0 Å². The van der Waals surface area contributed by atoms with E-state index in [1.54, 1.807) is 0 Å². The van der Waals surface area contributed by atoms with E-state index in [0.29, 0.717) is 6.29 Å². The van der Waals surface area contributed by atoms with Crippen LogP contribution in [-0.4, -0.2) is 6.29 Å². The molecule has 0 aliphatic heterocycles. The third-order valence-corrected chi connectivity index (χ3v) is 0.0962. The first-order valence-electron chi connectivity index (χ1n) is 0.977. The van der Waals surface area contributed by atoms with Crippen molar-refractivity contribution in [3.05, 3.63) is 12.7 Å². The molecule has 0 rings (SSSR count). The summed E-state index contributed by atoms with van der Waals surface area (Å²) in [5, 5.41) is 0. The quantitative estimate of drug-likeness (QED) is 0.191. The molecule has 0 saturated heterocycles. The topological polar surface area (TPSA) is 17.1 Å². The fourth-order valence-corrected chi connectivity index (χ4v) is 0. The Hall–Kier alpha value is 0.410. The summed E-state index contributed by atoms with van der Waals surface area (Å²) in [4.78, 5) is 9.06. The van der Waals surface area contributed by atoms with Crippen molar-refractivity contribution in [2.75, 3.05) is 0 Å². The van der Waals surface area contributed by atoms with Crippen LogP contribution < -0.4 is 29.6 Å². The molecule has 0 unspecified atom stereocenters. The maximum atomic E-state index is 9.06. The van der Waals surface area contributed by atoms with E-state index in [9.17, 15) is 0 Å². The Kier molecular flexibility index (Phi) is 16.0. The number of allylic oxidation sites excluding steroid dienone is 1. The van der Waals surface area contributed by atoms with Crippen molar-refractivity contribution < 1.29 is 34.4 Å². The van der Waals surface area contributed by atoms with Crippen molar-refractivity contribution in [1.82, 2.24) is 0 Å². The number of carbonyl (C=O) groups is 1. The molecule has 0 fully saturated rings. The molecule has 0 heterocycles. The predicted molar refractivity (Wildman–Crippen MR) is 16.3 cm³/mol. The average molecular weight is 79.1 g/mol. The van der Waals surface area contributed by atoms with Crippen molar-refractivity contribution in [3.8, 4) is 0 Å². The van der Waals surface area contributed by atoms with E-state index in [4.69, 9.17) is 4.79 Å². The van der Waals surface area contributed by atoms with Crippen molar-refractivity contribution in [1.29, 1.82) is 0 Å². The third-order valence-electron chi connectivity index (χ3n) is 0.0962. The molecule has 22 valence electrons. The Labute approximate surface area is 53.4 Å². The van der Waals surface area contributed by atoms with Crippen LogP contribution in [0.15, 0.2) is 12.7 Å². The Balaban J connectivity index is 0. The molecule has 5 heavy (non-hydrogen) atoms. The number of rotatable bonds is 1. The van der Waals surface area contributed by atoms with Crippen LogP contribution in [0.1, 0.15) is 0 Å². The van der Waals surface area contributed by atoms with Crippen molar-refractivity contribution in [2.45, 2.75) is 0 Å². The smallest absolute Gasteiger partial charge is 0.299 e.